The number of hydrogen-bond donors (Lipinski definition) is 0. The molecule has 0 bridgehead atoms. The first-order valence-corrected chi connectivity index (χ1v) is 9.97. The summed E-state index contributed by atoms with van der Waals surface area (Å²) in [5.74, 6) is 1.28. The van der Waals surface area contributed by atoms with Crippen LogP contribution >= 0.6 is 0 Å². The molecule has 0 N–H and O–H groups in total. The van der Waals surface area contributed by atoms with E-state index < -0.39 is 0 Å². The number of nitrogens with zero attached hydrogens (tertiary/aromatic N) is 5. The summed E-state index contributed by atoms with van der Waals surface area (Å²) < 4.78 is 13.6. The Hall–Kier alpha value is -3.44. The average Bonchev–Trinajstić information content (AvgIpc) is 2.78. The molecular formula is C22H23N5O3. The maximum Gasteiger partial charge on any atom is 0.349 e. The van der Waals surface area contributed by atoms with Crippen molar-refractivity contribution in [3.05, 3.63) is 58.6 Å². The van der Waals surface area contributed by atoms with Crippen LogP contribution in [-0.4, -0.2) is 46.4 Å². The average molecular weight is 405 g/mol. The monoisotopic (exact) mass is 405 g/mol. The summed E-state index contributed by atoms with van der Waals surface area (Å²) in [4.78, 5) is 23.1. The molecule has 1 aliphatic rings. The van der Waals surface area contributed by atoms with Crippen LogP contribution in [0.5, 0.6) is 5.75 Å². The van der Waals surface area contributed by atoms with Crippen molar-refractivity contribution >= 4 is 16.9 Å². The summed E-state index contributed by atoms with van der Waals surface area (Å²) >= 11 is 0. The fourth-order valence-corrected chi connectivity index (χ4v) is 3.76. The van der Waals surface area contributed by atoms with Crippen molar-refractivity contribution in [2.45, 2.75) is 25.6 Å². The van der Waals surface area contributed by atoms with Gasteiger partial charge in [-0.25, -0.2) is 9.78 Å². The highest BCUT2D eigenvalue weighted by molar-refractivity contribution is 5.86. The van der Waals surface area contributed by atoms with Gasteiger partial charge < -0.3 is 14.4 Å². The maximum absolute atomic E-state index is 12.4. The Morgan fingerprint density at radius 3 is 2.70 bits per heavy atom. The normalized spacial score (nSPS) is 18.9. The van der Waals surface area contributed by atoms with Gasteiger partial charge in [0.1, 0.15) is 35.2 Å². The molecule has 4 rings (SSSR count). The first kappa shape index (κ1) is 19.9. The van der Waals surface area contributed by atoms with Crippen molar-refractivity contribution in [1.82, 2.24) is 14.5 Å². The van der Waals surface area contributed by atoms with E-state index in [0.29, 0.717) is 43.0 Å². The molecule has 0 unspecified atom stereocenters. The van der Waals surface area contributed by atoms with E-state index in [9.17, 15) is 10.1 Å². The third-order valence-corrected chi connectivity index (χ3v) is 5.26. The van der Waals surface area contributed by atoms with Crippen LogP contribution in [0, 0.1) is 11.3 Å². The van der Waals surface area contributed by atoms with E-state index in [1.807, 2.05) is 42.2 Å². The van der Waals surface area contributed by atoms with Gasteiger partial charge in [-0.2, -0.15) is 10.2 Å². The second-order valence-electron chi connectivity index (χ2n) is 7.15. The van der Waals surface area contributed by atoms with Crippen LogP contribution in [0.2, 0.25) is 0 Å². The lowest BCUT2D eigenvalue weighted by Gasteiger charge is -2.38. The smallest absolute Gasteiger partial charge is 0.349 e. The van der Waals surface area contributed by atoms with E-state index in [1.54, 1.807) is 19.2 Å². The number of piperidine rings is 1. The molecule has 3 heterocycles. The molecule has 1 fully saturated rings. The van der Waals surface area contributed by atoms with Gasteiger partial charge in [-0.3, -0.25) is 4.57 Å². The molecule has 0 aliphatic carbocycles. The number of rotatable bonds is 5. The van der Waals surface area contributed by atoms with Crippen molar-refractivity contribution in [3.8, 4) is 11.8 Å². The van der Waals surface area contributed by atoms with Gasteiger partial charge in [0.25, 0.3) is 0 Å². The van der Waals surface area contributed by atoms with Crippen LogP contribution < -0.4 is 15.3 Å². The van der Waals surface area contributed by atoms with Gasteiger partial charge in [-0.05, 0) is 31.2 Å². The molecule has 0 radical (unpaired) electrons. The number of aryl methyl sites for hydroxylation is 1. The van der Waals surface area contributed by atoms with Crippen LogP contribution in [0.15, 0.2) is 47.3 Å². The zero-order chi connectivity index (χ0) is 21.1. The molecule has 0 amide bonds. The quantitative estimate of drug-likeness (QED) is 0.643. The third-order valence-electron chi connectivity index (χ3n) is 5.26. The Bertz CT molecular complexity index is 1140. The number of pyridine rings is 1. The number of benzene rings is 1. The van der Waals surface area contributed by atoms with E-state index in [4.69, 9.17) is 9.47 Å². The van der Waals surface area contributed by atoms with E-state index in [2.05, 4.69) is 16.0 Å². The summed E-state index contributed by atoms with van der Waals surface area (Å²) in [6.45, 7) is 3.65. The molecule has 154 valence electrons. The summed E-state index contributed by atoms with van der Waals surface area (Å²) in [6, 6.07) is 15.1. The van der Waals surface area contributed by atoms with Crippen molar-refractivity contribution in [2.75, 3.05) is 24.6 Å². The number of nitriles is 1. The number of hydrogen-bond acceptors (Lipinski definition) is 7. The number of ether oxygens (including phenoxy) is 2. The molecule has 2 atom stereocenters. The van der Waals surface area contributed by atoms with Gasteiger partial charge >= 0.3 is 5.69 Å². The lowest BCUT2D eigenvalue weighted by Crippen LogP contribution is -2.51. The summed E-state index contributed by atoms with van der Waals surface area (Å²) in [7, 11) is 1.65. The minimum absolute atomic E-state index is 0.107. The third kappa shape index (κ3) is 3.84. The predicted octanol–water partition coefficient (Wildman–Crippen LogP) is 2.26. The molecule has 1 aromatic carbocycles. The van der Waals surface area contributed by atoms with Crippen LogP contribution in [0.3, 0.4) is 0 Å². The first-order chi connectivity index (χ1) is 14.6. The Morgan fingerprint density at radius 2 is 1.97 bits per heavy atom. The number of aromatic nitrogens is 3. The Balaban J connectivity index is 1.67. The molecular weight excluding hydrogens is 382 g/mol. The van der Waals surface area contributed by atoms with Crippen LogP contribution in [-0.2, 0) is 11.8 Å². The standard InChI is InChI=1S/C22H23N5O3/c1-3-29-19-14-27(12-11-18(19)30-16-7-5-4-6-8-16)21-20-17(26(2)22(28)25-21)10-9-15(13-23)24-20/h4-10,18-19H,3,11-12,14H2,1-2H3/t18-,19-/m1/s1. The number of fused-ring (bicyclic) bond motifs is 1. The van der Waals surface area contributed by atoms with Crippen LogP contribution in [0.4, 0.5) is 5.82 Å². The minimum atomic E-state index is -0.361. The fraction of sp³-hybridized carbons (Fsp3) is 0.364. The molecule has 1 aliphatic heterocycles. The topological polar surface area (TPSA) is 93.3 Å². The first-order valence-electron chi connectivity index (χ1n) is 9.97. The minimum Gasteiger partial charge on any atom is -0.488 e. The maximum atomic E-state index is 12.4. The lowest BCUT2D eigenvalue weighted by molar-refractivity contribution is -0.0281. The summed E-state index contributed by atoms with van der Waals surface area (Å²) in [5.41, 5.74) is 1.10. The Morgan fingerprint density at radius 1 is 1.17 bits per heavy atom. The SMILES string of the molecule is CCO[C@@H]1CN(c2nc(=O)n(C)c3ccc(C#N)nc23)CC[C@H]1Oc1ccccc1. The lowest BCUT2D eigenvalue weighted by atomic mass is 10.0. The molecule has 1 saturated heterocycles. The van der Waals surface area contributed by atoms with Gasteiger partial charge in [0.05, 0.1) is 5.52 Å². The highest BCUT2D eigenvalue weighted by Gasteiger charge is 2.33. The summed E-state index contributed by atoms with van der Waals surface area (Å²) in [5, 5.41) is 9.26. The Labute approximate surface area is 174 Å². The van der Waals surface area contributed by atoms with Crippen LogP contribution in [0.25, 0.3) is 11.0 Å². The largest absolute Gasteiger partial charge is 0.488 e. The highest BCUT2D eigenvalue weighted by atomic mass is 16.5. The van der Waals surface area contributed by atoms with Crippen molar-refractivity contribution in [1.29, 1.82) is 5.26 Å². The van der Waals surface area contributed by atoms with Gasteiger partial charge in [-0.15, -0.1) is 0 Å². The van der Waals surface area contributed by atoms with Gasteiger partial charge in [-0.1, -0.05) is 18.2 Å². The molecule has 8 nitrogen and oxygen atoms in total. The zero-order valence-corrected chi connectivity index (χ0v) is 17.0. The fourth-order valence-electron chi connectivity index (χ4n) is 3.76. The number of para-hydroxylation sites is 1. The van der Waals surface area contributed by atoms with Gasteiger partial charge in [0.15, 0.2) is 5.82 Å². The van der Waals surface area contributed by atoms with Crippen molar-refractivity contribution in [3.63, 3.8) is 0 Å². The van der Waals surface area contributed by atoms with E-state index >= 15 is 0 Å². The molecule has 30 heavy (non-hydrogen) atoms. The highest BCUT2D eigenvalue weighted by Crippen LogP contribution is 2.27. The van der Waals surface area contributed by atoms with Crippen molar-refractivity contribution < 1.29 is 9.47 Å². The van der Waals surface area contributed by atoms with Crippen molar-refractivity contribution in [2.24, 2.45) is 7.05 Å². The molecule has 3 aromatic rings. The van der Waals surface area contributed by atoms with Gasteiger partial charge in [0, 0.05) is 33.2 Å². The second kappa shape index (κ2) is 8.51. The zero-order valence-electron chi connectivity index (χ0n) is 17.0. The van der Waals surface area contributed by atoms with Gasteiger partial charge in [0.2, 0.25) is 0 Å². The van der Waals surface area contributed by atoms with Crippen LogP contribution in [0.1, 0.15) is 19.0 Å². The van der Waals surface area contributed by atoms with E-state index in [-0.39, 0.29) is 23.6 Å². The molecule has 0 spiro atoms. The number of anilines is 1. The predicted molar refractivity (Wildman–Crippen MR) is 113 cm³/mol. The summed E-state index contributed by atoms with van der Waals surface area (Å²) in [6.07, 6.45) is 0.406. The second-order valence-corrected chi connectivity index (χ2v) is 7.15. The molecule has 8 heteroatoms. The molecule has 0 saturated carbocycles. The van der Waals surface area contributed by atoms with E-state index in [0.717, 1.165) is 5.75 Å². The Kier molecular flexibility index (Phi) is 5.63. The van der Waals surface area contributed by atoms with E-state index in [1.165, 1.54) is 4.57 Å². The molecule has 2 aromatic heterocycles.